The minimum absolute atomic E-state index is 0.178. The molecule has 1 heterocycles. The Bertz CT molecular complexity index is 99.2. The van der Waals surface area contributed by atoms with Gasteiger partial charge in [-0.05, 0) is 20.8 Å². The zero-order valence-electron chi connectivity index (χ0n) is 6.53. The lowest BCUT2D eigenvalue weighted by Crippen LogP contribution is -2.13. The van der Waals surface area contributed by atoms with Crippen molar-refractivity contribution in [2.75, 3.05) is 6.61 Å². The van der Waals surface area contributed by atoms with Gasteiger partial charge in [-0.25, -0.2) is 0 Å². The van der Waals surface area contributed by atoms with Crippen molar-refractivity contribution in [3.8, 4) is 0 Å². The van der Waals surface area contributed by atoms with E-state index in [1.165, 1.54) is 0 Å². The molecular weight excluding hydrogens is 151 g/mol. The van der Waals surface area contributed by atoms with Crippen molar-refractivity contribution >= 4 is 8.60 Å². The van der Waals surface area contributed by atoms with Gasteiger partial charge in [0, 0.05) is 0 Å². The molecule has 0 saturated carbocycles. The van der Waals surface area contributed by atoms with Crippen molar-refractivity contribution in [2.24, 2.45) is 0 Å². The minimum Gasteiger partial charge on any atom is -0.313 e. The Labute approximate surface area is 62.7 Å². The lowest BCUT2D eigenvalue weighted by Gasteiger charge is -2.04. The highest BCUT2D eigenvalue weighted by atomic mass is 31.2. The van der Waals surface area contributed by atoms with E-state index in [1.54, 1.807) is 0 Å². The molecule has 0 spiro atoms. The summed E-state index contributed by atoms with van der Waals surface area (Å²) in [5.74, 6) is 0. The van der Waals surface area contributed by atoms with Crippen LogP contribution in [0.2, 0.25) is 0 Å². The van der Waals surface area contributed by atoms with E-state index in [0.29, 0.717) is 6.61 Å². The van der Waals surface area contributed by atoms with Gasteiger partial charge in [-0.15, -0.1) is 0 Å². The van der Waals surface area contributed by atoms with Crippen LogP contribution in [0.25, 0.3) is 0 Å². The van der Waals surface area contributed by atoms with Gasteiger partial charge in [0.15, 0.2) is 0 Å². The van der Waals surface area contributed by atoms with E-state index in [1.807, 2.05) is 20.8 Å². The minimum atomic E-state index is -1.02. The molecule has 3 nitrogen and oxygen atoms in total. The summed E-state index contributed by atoms with van der Waals surface area (Å²) < 4.78 is 15.8. The van der Waals surface area contributed by atoms with E-state index >= 15 is 0 Å². The molecule has 0 radical (unpaired) electrons. The molecule has 1 rings (SSSR count). The maximum Gasteiger partial charge on any atom is 0.333 e. The molecule has 4 heteroatoms. The maximum absolute atomic E-state index is 5.33. The van der Waals surface area contributed by atoms with Gasteiger partial charge in [-0.3, -0.25) is 0 Å². The molecule has 0 aromatic rings. The predicted molar refractivity (Wildman–Crippen MR) is 39.6 cm³/mol. The summed E-state index contributed by atoms with van der Waals surface area (Å²) in [5, 5.41) is 0. The molecule has 1 aliphatic heterocycles. The van der Waals surface area contributed by atoms with Crippen LogP contribution in [-0.4, -0.2) is 18.8 Å². The molecule has 0 amide bonds. The first-order valence-corrected chi connectivity index (χ1v) is 4.60. The Balaban J connectivity index is 2.27. The summed E-state index contributed by atoms with van der Waals surface area (Å²) in [5.41, 5.74) is 0. The Morgan fingerprint density at radius 3 is 2.20 bits per heavy atom. The average Bonchev–Trinajstić information content (AvgIpc) is 2.14. The van der Waals surface area contributed by atoms with Crippen LogP contribution < -0.4 is 0 Å². The first-order chi connectivity index (χ1) is 4.74. The van der Waals surface area contributed by atoms with Crippen LogP contribution in [0.5, 0.6) is 0 Å². The molecule has 1 fully saturated rings. The van der Waals surface area contributed by atoms with E-state index in [0.717, 1.165) is 0 Å². The third-order valence-corrected chi connectivity index (χ3v) is 2.88. The maximum atomic E-state index is 5.33. The second-order valence-electron chi connectivity index (χ2n) is 2.26. The normalized spacial score (nSPS) is 40.5. The summed E-state index contributed by atoms with van der Waals surface area (Å²) >= 11 is 0. The largest absolute Gasteiger partial charge is 0.333 e. The molecule has 2 atom stereocenters. The summed E-state index contributed by atoms with van der Waals surface area (Å²) in [6, 6.07) is 0. The Kier molecular flexibility index (Phi) is 3.05. The fraction of sp³-hybridized carbons (Fsp3) is 1.00. The summed E-state index contributed by atoms with van der Waals surface area (Å²) in [7, 11) is -1.02. The molecule has 0 N–H and O–H groups in total. The van der Waals surface area contributed by atoms with Crippen LogP contribution in [0.1, 0.15) is 20.8 Å². The van der Waals surface area contributed by atoms with Crippen LogP contribution in [0.3, 0.4) is 0 Å². The van der Waals surface area contributed by atoms with Gasteiger partial charge in [-0.1, -0.05) is 0 Å². The van der Waals surface area contributed by atoms with Gasteiger partial charge in [0.1, 0.15) is 0 Å². The van der Waals surface area contributed by atoms with Crippen molar-refractivity contribution in [1.29, 1.82) is 0 Å². The van der Waals surface area contributed by atoms with Crippen LogP contribution in [0, 0.1) is 0 Å². The van der Waals surface area contributed by atoms with Crippen molar-refractivity contribution in [3.05, 3.63) is 0 Å². The molecular formula is C6H13O3P. The van der Waals surface area contributed by atoms with E-state index in [2.05, 4.69) is 0 Å². The second-order valence-corrected chi connectivity index (χ2v) is 3.39. The van der Waals surface area contributed by atoms with E-state index in [4.69, 9.17) is 13.6 Å². The highest BCUT2D eigenvalue weighted by Gasteiger charge is 2.31. The smallest absolute Gasteiger partial charge is 0.313 e. The van der Waals surface area contributed by atoms with Gasteiger partial charge in [-0.2, -0.15) is 0 Å². The summed E-state index contributed by atoms with van der Waals surface area (Å²) in [6.45, 7) is 6.58. The third-order valence-electron chi connectivity index (χ3n) is 1.40. The highest BCUT2D eigenvalue weighted by molar-refractivity contribution is 7.42. The quantitative estimate of drug-likeness (QED) is 0.585. The van der Waals surface area contributed by atoms with Crippen molar-refractivity contribution < 1.29 is 13.6 Å². The lowest BCUT2D eigenvalue weighted by atomic mass is 10.3. The summed E-state index contributed by atoms with van der Waals surface area (Å²) in [4.78, 5) is 0. The molecule has 0 aromatic heterocycles. The van der Waals surface area contributed by atoms with Crippen LogP contribution in [0.4, 0.5) is 0 Å². The van der Waals surface area contributed by atoms with Gasteiger partial charge in [0.25, 0.3) is 0 Å². The van der Waals surface area contributed by atoms with E-state index in [9.17, 15) is 0 Å². The van der Waals surface area contributed by atoms with Gasteiger partial charge >= 0.3 is 8.60 Å². The highest BCUT2D eigenvalue weighted by Crippen LogP contribution is 2.48. The van der Waals surface area contributed by atoms with Crippen LogP contribution in [0.15, 0.2) is 0 Å². The van der Waals surface area contributed by atoms with Gasteiger partial charge in [0.05, 0.1) is 18.8 Å². The number of hydrogen-bond donors (Lipinski definition) is 0. The zero-order chi connectivity index (χ0) is 7.56. The standard InChI is InChI=1S/C6H13O3P/c1-4-7-10-8-5(2)6(3)9-10/h5-6H,4H2,1-3H3. The summed E-state index contributed by atoms with van der Waals surface area (Å²) in [6.07, 6.45) is 0.357. The molecule has 10 heavy (non-hydrogen) atoms. The Morgan fingerprint density at radius 1 is 1.30 bits per heavy atom. The Morgan fingerprint density at radius 2 is 1.80 bits per heavy atom. The average molecular weight is 164 g/mol. The third kappa shape index (κ3) is 1.89. The van der Waals surface area contributed by atoms with Gasteiger partial charge in [0.2, 0.25) is 0 Å². The second kappa shape index (κ2) is 3.63. The molecule has 1 aliphatic rings. The van der Waals surface area contributed by atoms with Crippen LogP contribution in [-0.2, 0) is 13.6 Å². The van der Waals surface area contributed by atoms with Crippen molar-refractivity contribution in [1.82, 2.24) is 0 Å². The molecule has 0 aromatic carbocycles. The first-order valence-electron chi connectivity index (χ1n) is 3.50. The molecule has 0 bridgehead atoms. The molecule has 1 saturated heterocycles. The van der Waals surface area contributed by atoms with E-state index in [-0.39, 0.29) is 12.2 Å². The number of hydrogen-bond acceptors (Lipinski definition) is 3. The lowest BCUT2D eigenvalue weighted by molar-refractivity contribution is 0.187. The Hall–Kier alpha value is 0.310. The zero-order valence-corrected chi connectivity index (χ0v) is 7.43. The SMILES string of the molecule is CCOP1OC(C)C(C)O1. The van der Waals surface area contributed by atoms with Crippen molar-refractivity contribution in [2.45, 2.75) is 33.0 Å². The molecule has 0 aliphatic carbocycles. The van der Waals surface area contributed by atoms with Crippen LogP contribution >= 0.6 is 8.60 Å². The topological polar surface area (TPSA) is 27.7 Å². The molecule has 2 unspecified atom stereocenters. The van der Waals surface area contributed by atoms with Gasteiger partial charge < -0.3 is 13.6 Å². The molecule has 60 valence electrons. The first kappa shape index (κ1) is 8.41. The van der Waals surface area contributed by atoms with E-state index < -0.39 is 8.60 Å². The fourth-order valence-electron chi connectivity index (χ4n) is 0.634. The monoisotopic (exact) mass is 164 g/mol. The fourth-order valence-corrected chi connectivity index (χ4v) is 1.90. The predicted octanol–water partition coefficient (Wildman–Crippen LogP) is 2.07. The number of rotatable bonds is 2. The van der Waals surface area contributed by atoms with Crippen molar-refractivity contribution in [3.63, 3.8) is 0 Å².